The van der Waals surface area contributed by atoms with Crippen LogP contribution >= 0.6 is 0 Å². The van der Waals surface area contributed by atoms with E-state index in [2.05, 4.69) is 52.1 Å². The SMILES string of the molecule is COc1ccc(CCCC(C=CC2CCCC(O)(CC(=O)O)C2)O[Si](C)(C)C(C)(C)C)cc1OC. The van der Waals surface area contributed by atoms with Crippen LogP contribution in [0.5, 0.6) is 11.5 Å². The number of hydrogen-bond acceptors (Lipinski definition) is 5. The minimum atomic E-state index is -1.98. The molecule has 7 heteroatoms. The van der Waals surface area contributed by atoms with Gasteiger partial charge in [-0.1, -0.05) is 39.0 Å². The van der Waals surface area contributed by atoms with E-state index in [1.54, 1.807) is 14.2 Å². The van der Waals surface area contributed by atoms with Gasteiger partial charge in [-0.25, -0.2) is 0 Å². The molecule has 1 aromatic rings. The summed E-state index contributed by atoms with van der Waals surface area (Å²) in [6, 6.07) is 6.05. The summed E-state index contributed by atoms with van der Waals surface area (Å²) in [6.45, 7) is 11.3. The molecule has 3 atom stereocenters. The first-order valence-corrected chi connectivity index (χ1v) is 15.7. The number of carboxylic acids is 1. The molecule has 0 spiro atoms. The number of methoxy groups -OCH3 is 2. The predicted octanol–water partition coefficient (Wildman–Crippen LogP) is 6.37. The first-order chi connectivity index (χ1) is 16.3. The lowest BCUT2D eigenvalue weighted by atomic mass is 9.76. The van der Waals surface area contributed by atoms with Crippen LogP contribution in [0.2, 0.25) is 18.1 Å². The number of allylic oxidation sites excluding steroid dienone is 1. The topological polar surface area (TPSA) is 85.2 Å². The number of benzene rings is 1. The van der Waals surface area contributed by atoms with E-state index in [1.165, 1.54) is 5.56 Å². The summed E-state index contributed by atoms with van der Waals surface area (Å²) in [5.41, 5.74) is 0.0891. The van der Waals surface area contributed by atoms with Gasteiger partial charge in [0.05, 0.1) is 32.3 Å². The Morgan fingerprint density at radius 1 is 1.23 bits per heavy atom. The molecular weight excluding hydrogens is 460 g/mol. The summed E-state index contributed by atoms with van der Waals surface area (Å²) >= 11 is 0. The Hall–Kier alpha value is -1.83. The van der Waals surface area contributed by atoms with E-state index in [0.29, 0.717) is 12.8 Å². The maximum Gasteiger partial charge on any atom is 0.306 e. The van der Waals surface area contributed by atoms with Crippen molar-refractivity contribution in [3.05, 3.63) is 35.9 Å². The fourth-order valence-corrected chi connectivity index (χ4v) is 5.87. The van der Waals surface area contributed by atoms with Crippen LogP contribution < -0.4 is 9.47 Å². The molecule has 1 saturated carbocycles. The third kappa shape index (κ3) is 8.96. The molecule has 1 aliphatic rings. The van der Waals surface area contributed by atoms with Crippen LogP contribution in [0.3, 0.4) is 0 Å². The molecule has 2 rings (SSSR count). The molecule has 0 aliphatic heterocycles. The molecule has 0 radical (unpaired) electrons. The first kappa shape index (κ1) is 29.4. The second-order valence-corrected chi connectivity index (χ2v) is 16.3. The number of carbonyl (C=O) groups is 1. The molecule has 0 amide bonds. The second kappa shape index (κ2) is 12.4. The van der Waals surface area contributed by atoms with Gasteiger partial charge in [0, 0.05) is 0 Å². The van der Waals surface area contributed by atoms with Gasteiger partial charge in [0.2, 0.25) is 0 Å². The molecule has 1 aromatic carbocycles. The van der Waals surface area contributed by atoms with E-state index < -0.39 is 19.9 Å². The maximum absolute atomic E-state index is 11.2. The zero-order chi connectivity index (χ0) is 26.3. The normalized spacial score (nSPS) is 22.2. The van der Waals surface area contributed by atoms with Gasteiger partial charge in [-0.05, 0) is 86.7 Å². The van der Waals surface area contributed by atoms with Gasteiger partial charge in [-0.2, -0.15) is 0 Å². The lowest BCUT2D eigenvalue weighted by Gasteiger charge is -2.39. The summed E-state index contributed by atoms with van der Waals surface area (Å²) in [4.78, 5) is 11.2. The van der Waals surface area contributed by atoms with Crippen molar-refractivity contribution in [3.8, 4) is 11.5 Å². The molecule has 0 bridgehead atoms. The highest BCUT2D eigenvalue weighted by atomic mass is 28.4. The van der Waals surface area contributed by atoms with Crippen LogP contribution in [-0.4, -0.2) is 50.4 Å². The third-order valence-electron chi connectivity index (χ3n) is 7.59. The maximum atomic E-state index is 11.2. The fraction of sp³-hybridized carbons (Fsp3) is 0.679. The molecule has 3 unspecified atom stereocenters. The second-order valence-electron chi connectivity index (χ2n) is 11.5. The van der Waals surface area contributed by atoms with E-state index >= 15 is 0 Å². The van der Waals surface area contributed by atoms with Gasteiger partial charge in [-0.15, -0.1) is 0 Å². The van der Waals surface area contributed by atoms with Crippen LogP contribution in [0.1, 0.15) is 71.3 Å². The molecule has 35 heavy (non-hydrogen) atoms. The van der Waals surface area contributed by atoms with Crippen molar-refractivity contribution in [2.75, 3.05) is 14.2 Å². The highest BCUT2D eigenvalue weighted by Gasteiger charge is 2.39. The van der Waals surface area contributed by atoms with Crippen LogP contribution in [0.15, 0.2) is 30.4 Å². The molecule has 198 valence electrons. The van der Waals surface area contributed by atoms with Gasteiger partial charge < -0.3 is 24.1 Å². The number of carboxylic acid groups (broad SMARTS) is 1. The number of aliphatic carboxylic acids is 1. The molecule has 0 saturated heterocycles. The van der Waals surface area contributed by atoms with Gasteiger partial charge in [-0.3, -0.25) is 4.79 Å². The van der Waals surface area contributed by atoms with Crippen molar-refractivity contribution in [2.24, 2.45) is 5.92 Å². The summed E-state index contributed by atoms with van der Waals surface area (Å²) in [7, 11) is 1.32. The quantitative estimate of drug-likeness (QED) is 0.253. The molecule has 1 fully saturated rings. The molecular formula is C28H46O6Si. The fourth-order valence-electron chi connectivity index (χ4n) is 4.57. The Bertz CT molecular complexity index is 859. The van der Waals surface area contributed by atoms with Gasteiger partial charge in [0.15, 0.2) is 19.8 Å². The number of aryl methyl sites for hydroxylation is 1. The molecule has 0 heterocycles. The van der Waals surface area contributed by atoms with Crippen LogP contribution in [0, 0.1) is 5.92 Å². The molecule has 0 aromatic heterocycles. The van der Waals surface area contributed by atoms with Crippen molar-refractivity contribution in [3.63, 3.8) is 0 Å². The van der Waals surface area contributed by atoms with Crippen molar-refractivity contribution >= 4 is 14.3 Å². The minimum Gasteiger partial charge on any atom is -0.493 e. The Morgan fingerprint density at radius 3 is 2.51 bits per heavy atom. The van der Waals surface area contributed by atoms with Gasteiger partial charge >= 0.3 is 5.97 Å². The van der Waals surface area contributed by atoms with Crippen LogP contribution in [0.25, 0.3) is 0 Å². The zero-order valence-corrected chi connectivity index (χ0v) is 23.7. The van der Waals surface area contributed by atoms with Gasteiger partial charge in [0.25, 0.3) is 0 Å². The number of ether oxygens (including phenoxy) is 2. The van der Waals surface area contributed by atoms with Crippen molar-refractivity contribution in [1.29, 1.82) is 0 Å². The molecule has 2 N–H and O–H groups in total. The Labute approximate surface area is 212 Å². The largest absolute Gasteiger partial charge is 0.493 e. The van der Waals surface area contributed by atoms with Crippen molar-refractivity contribution < 1.29 is 28.9 Å². The summed E-state index contributed by atoms with van der Waals surface area (Å²) in [5.74, 6) is 0.703. The Balaban J connectivity index is 2.10. The first-order valence-electron chi connectivity index (χ1n) is 12.8. The van der Waals surface area contributed by atoms with Crippen LogP contribution in [0.4, 0.5) is 0 Å². The number of hydrogen-bond donors (Lipinski definition) is 2. The molecule has 6 nitrogen and oxygen atoms in total. The monoisotopic (exact) mass is 506 g/mol. The number of rotatable bonds is 12. The number of aliphatic hydroxyl groups is 1. The standard InChI is InChI=1S/C28H46O6Si/c1-27(2,3)35(6,7)34-23(12-8-10-21-14-16-24(32-4)25(18-21)33-5)15-13-22-11-9-17-28(31,19-22)20-26(29)30/h13-16,18,22-23,31H,8-12,17,19-20H2,1-7H3,(H,29,30). The van der Waals surface area contributed by atoms with E-state index in [4.69, 9.17) is 13.9 Å². The van der Waals surface area contributed by atoms with Crippen molar-refractivity contribution in [1.82, 2.24) is 0 Å². The highest BCUT2D eigenvalue weighted by Crippen LogP contribution is 2.39. The van der Waals surface area contributed by atoms with E-state index in [-0.39, 0.29) is 23.5 Å². The lowest BCUT2D eigenvalue weighted by molar-refractivity contribution is -0.144. The summed E-state index contributed by atoms with van der Waals surface area (Å²) < 4.78 is 17.6. The van der Waals surface area contributed by atoms with Crippen LogP contribution in [-0.2, 0) is 15.6 Å². The van der Waals surface area contributed by atoms with E-state index in [1.807, 2.05) is 12.1 Å². The molecule has 1 aliphatic carbocycles. The van der Waals surface area contributed by atoms with E-state index in [9.17, 15) is 15.0 Å². The average molecular weight is 507 g/mol. The smallest absolute Gasteiger partial charge is 0.306 e. The predicted molar refractivity (Wildman–Crippen MR) is 143 cm³/mol. The Morgan fingerprint density at radius 2 is 1.91 bits per heavy atom. The lowest BCUT2D eigenvalue weighted by Crippen LogP contribution is -2.43. The Kier molecular flexibility index (Phi) is 10.4. The zero-order valence-electron chi connectivity index (χ0n) is 22.7. The average Bonchev–Trinajstić information content (AvgIpc) is 2.75. The highest BCUT2D eigenvalue weighted by molar-refractivity contribution is 6.74. The van der Waals surface area contributed by atoms with Gasteiger partial charge in [0.1, 0.15) is 0 Å². The van der Waals surface area contributed by atoms with Crippen molar-refractivity contribution in [2.45, 2.75) is 102 Å². The third-order valence-corrected chi connectivity index (χ3v) is 12.1. The van der Waals surface area contributed by atoms with E-state index in [0.717, 1.165) is 43.6 Å². The summed E-state index contributed by atoms with van der Waals surface area (Å²) in [6.07, 6.45) is 9.77. The minimum absolute atomic E-state index is 0.00877. The summed E-state index contributed by atoms with van der Waals surface area (Å²) in [5, 5.41) is 20.1.